The first kappa shape index (κ1) is 19.4. The molecule has 1 amide bonds. The zero-order chi connectivity index (χ0) is 14.3. The van der Waals surface area contributed by atoms with Gasteiger partial charge in [0.1, 0.15) is 5.75 Å². The number of benzene rings is 1. The summed E-state index contributed by atoms with van der Waals surface area (Å²) in [6, 6.07) is 7.00. The minimum Gasteiger partial charge on any atom is -0.354 e. The number of halogens is 2. The molecule has 1 aromatic rings. The molecule has 0 fully saturated rings. The lowest BCUT2D eigenvalue weighted by molar-refractivity contribution is -0.118. The molecule has 0 aliphatic rings. The number of carbonyl (C=O) groups is 1. The molecule has 0 bridgehead atoms. The Morgan fingerprint density at radius 3 is 2.35 bits per heavy atom. The van der Waals surface area contributed by atoms with Gasteiger partial charge in [0.2, 0.25) is 5.91 Å². The van der Waals surface area contributed by atoms with Gasteiger partial charge in [0.25, 0.3) is 0 Å². The maximum atomic E-state index is 11.8. The van der Waals surface area contributed by atoms with Crippen LogP contribution >= 0.6 is 28.3 Å². The van der Waals surface area contributed by atoms with Crippen LogP contribution in [0.3, 0.4) is 0 Å². The molecule has 0 radical (unpaired) electrons. The third kappa shape index (κ3) is 7.84. The van der Waals surface area contributed by atoms with E-state index in [4.69, 9.17) is 0 Å². The number of amides is 1. The molecular weight excluding hydrogens is 368 g/mol. The van der Waals surface area contributed by atoms with E-state index < -0.39 is 21.5 Å². The van der Waals surface area contributed by atoms with E-state index in [-0.39, 0.29) is 18.2 Å². The molecule has 5 nitrogen and oxygen atoms in total. The van der Waals surface area contributed by atoms with Crippen molar-refractivity contribution >= 4 is 44.1 Å². The highest BCUT2D eigenvalue weighted by molar-refractivity contribution is 9.10. The van der Waals surface area contributed by atoms with Crippen LogP contribution in [-0.2, 0) is 20.4 Å². The van der Waals surface area contributed by atoms with Gasteiger partial charge in [-0.15, -0.1) is 12.4 Å². The van der Waals surface area contributed by atoms with Gasteiger partial charge in [-0.05, 0) is 24.7 Å². The number of likely N-dealkylation sites (N-methyl/N-ethyl adjacent to an activating group) is 1. The minimum atomic E-state index is -3.43. The average Bonchev–Trinajstić information content (AvgIpc) is 2.31. The van der Waals surface area contributed by atoms with E-state index in [1.807, 2.05) is 0 Å². The lowest BCUT2D eigenvalue weighted by Crippen LogP contribution is -2.35. The van der Waals surface area contributed by atoms with Crippen LogP contribution in [0.15, 0.2) is 28.7 Å². The third-order valence-electron chi connectivity index (χ3n) is 2.35. The first-order chi connectivity index (χ1) is 8.93. The monoisotopic (exact) mass is 384 g/mol. The summed E-state index contributed by atoms with van der Waals surface area (Å²) in [4.78, 5) is 11.5. The van der Waals surface area contributed by atoms with E-state index in [1.165, 1.54) is 0 Å². The van der Waals surface area contributed by atoms with E-state index in [2.05, 4.69) is 26.6 Å². The van der Waals surface area contributed by atoms with Crippen molar-refractivity contribution in [3.63, 3.8) is 0 Å². The Balaban J connectivity index is 0.00000361. The van der Waals surface area contributed by atoms with Gasteiger partial charge in [0.15, 0.2) is 9.84 Å². The number of nitrogens with one attached hydrogen (secondary N) is 2. The van der Waals surface area contributed by atoms with Crippen LogP contribution in [0.4, 0.5) is 0 Å². The van der Waals surface area contributed by atoms with E-state index >= 15 is 0 Å². The van der Waals surface area contributed by atoms with Crippen molar-refractivity contribution < 1.29 is 13.2 Å². The molecule has 0 atom stereocenters. The summed E-state index contributed by atoms with van der Waals surface area (Å²) in [5.74, 6) is -1.07. The number of hydrogen-bond acceptors (Lipinski definition) is 4. The molecule has 0 unspecified atom stereocenters. The fourth-order valence-electron chi connectivity index (χ4n) is 1.46. The van der Waals surface area contributed by atoms with Crippen LogP contribution in [0, 0.1) is 0 Å². The van der Waals surface area contributed by atoms with Gasteiger partial charge < -0.3 is 10.6 Å². The van der Waals surface area contributed by atoms with Gasteiger partial charge >= 0.3 is 0 Å². The second-order valence-corrected chi connectivity index (χ2v) is 7.09. The molecule has 0 saturated heterocycles. The van der Waals surface area contributed by atoms with Crippen molar-refractivity contribution in [2.45, 2.75) is 5.75 Å². The molecular formula is C12H18BrClN2O3S. The smallest absolute Gasteiger partial charge is 0.235 e. The standard InChI is InChI=1S/C12H17BrN2O3S.ClH/c1-14-6-7-15-12(16)9-19(17,18)8-10-2-4-11(13)5-3-10;/h2-5,14H,6-9H2,1H3,(H,15,16);1H. The second-order valence-electron chi connectivity index (χ2n) is 4.11. The van der Waals surface area contributed by atoms with Gasteiger partial charge in [-0.2, -0.15) is 0 Å². The molecule has 1 aromatic carbocycles. The van der Waals surface area contributed by atoms with Gasteiger partial charge in [-0.25, -0.2) is 8.42 Å². The average molecular weight is 386 g/mol. The van der Waals surface area contributed by atoms with Crippen LogP contribution < -0.4 is 10.6 Å². The lowest BCUT2D eigenvalue weighted by Gasteiger charge is -2.06. The number of rotatable bonds is 7. The summed E-state index contributed by atoms with van der Waals surface area (Å²) in [6.07, 6.45) is 0. The molecule has 0 aliphatic carbocycles. The predicted molar refractivity (Wildman–Crippen MR) is 85.8 cm³/mol. The number of hydrogen-bond donors (Lipinski definition) is 2. The van der Waals surface area contributed by atoms with Crippen molar-refractivity contribution in [2.24, 2.45) is 0 Å². The summed E-state index contributed by atoms with van der Waals surface area (Å²) < 4.78 is 24.6. The predicted octanol–water partition coefficient (Wildman–Crippen LogP) is 1.12. The largest absolute Gasteiger partial charge is 0.354 e. The van der Waals surface area contributed by atoms with E-state index in [1.54, 1.807) is 31.3 Å². The Morgan fingerprint density at radius 1 is 1.20 bits per heavy atom. The van der Waals surface area contributed by atoms with Crippen molar-refractivity contribution in [3.8, 4) is 0 Å². The fraction of sp³-hybridized carbons (Fsp3) is 0.417. The Labute approximate surface area is 134 Å². The minimum absolute atomic E-state index is 0. The zero-order valence-corrected chi connectivity index (χ0v) is 14.3. The Morgan fingerprint density at radius 2 is 1.80 bits per heavy atom. The SMILES string of the molecule is CNCCNC(=O)CS(=O)(=O)Cc1ccc(Br)cc1.Cl. The third-order valence-corrected chi connectivity index (χ3v) is 4.35. The van der Waals surface area contributed by atoms with Gasteiger partial charge in [-0.1, -0.05) is 28.1 Å². The maximum Gasteiger partial charge on any atom is 0.235 e. The summed E-state index contributed by atoms with van der Waals surface area (Å²) in [5, 5.41) is 5.41. The summed E-state index contributed by atoms with van der Waals surface area (Å²) >= 11 is 3.28. The summed E-state index contributed by atoms with van der Waals surface area (Å²) in [6.45, 7) is 1.03. The molecule has 1 rings (SSSR count). The quantitative estimate of drug-likeness (QED) is 0.690. The van der Waals surface area contributed by atoms with Crippen LogP contribution in [0.1, 0.15) is 5.56 Å². The number of carbonyl (C=O) groups excluding carboxylic acids is 1. The molecule has 0 aliphatic heterocycles. The zero-order valence-electron chi connectivity index (χ0n) is 11.1. The topological polar surface area (TPSA) is 75.3 Å². The fourth-order valence-corrected chi connectivity index (χ4v) is 3.03. The van der Waals surface area contributed by atoms with Crippen molar-refractivity contribution in [2.75, 3.05) is 25.9 Å². The molecule has 0 spiro atoms. The van der Waals surface area contributed by atoms with Crippen LogP contribution in [0.2, 0.25) is 0 Å². The van der Waals surface area contributed by atoms with Crippen molar-refractivity contribution in [1.82, 2.24) is 10.6 Å². The van der Waals surface area contributed by atoms with Gasteiger partial charge in [-0.3, -0.25) is 4.79 Å². The lowest BCUT2D eigenvalue weighted by atomic mass is 10.2. The van der Waals surface area contributed by atoms with Crippen LogP contribution in [-0.4, -0.2) is 40.2 Å². The highest BCUT2D eigenvalue weighted by atomic mass is 79.9. The molecule has 8 heteroatoms. The molecule has 0 aromatic heterocycles. The van der Waals surface area contributed by atoms with Gasteiger partial charge in [0, 0.05) is 17.6 Å². The maximum absolute atomic E-state index is 11.8. The Kier molecular flexibility index (Phi) is 9.04. The molecule has 114 valence electrons. The Hall–Kier alpha value is -0.630. The second kappa shape index (κ2) is 9.33. The molecule has 2 N–H and O–H groups in total. The van der Waals surface area contributed by atoms with Crippen LogP contribution in [0.25, 0.3) is 0 Å². The molecule has 0 heterocycles. The van der Waals surface area contributed by atoms with Crippen molar-refractivity contribution in [3.05, 3.63) is 34.3 Å². The number of sulfone groups is 1. The highest BCUT2D eigenvalue weighted by Gasteiger charge is 2.17. The van der Waals surface area contributed by atoms with E-state index in [0.29, 0.717) is 18.7 Å². The first-order valence-corrected chi connectivity index (χ1v) is 8.40. The Bertz CT molecular complexity index is 520. The normalized spacial score (nSPS) is 10.7. The van der Waals surface area contributed by atoms with E-state index in [9.17, 15) is 13.2 Å². The highest BCUT2D eigenvalue weighted by Crippen LogP contribution is 2.13. The molecule has 0 saturated carbocycles. The summed E-state index contributed by atoms with van der Waals surface area (Å²) in [7, 11) is -1.67. The van der Waals surface area contributed by atoms with Gasteiger partial charge in [0.05, 0.1) is 5.75 Å². The van der Waals surface area contributed by atoms with E-state index in [0.717, 1.165) is 4.47 Å². The van der Waals surface area contributed by atoms with Crippen molar-refractivity contribution in [1.29, 1.82) is 0 Å². The first-order valence-electron chi connectivity index (χ1n) is 5.79. The molecule has 20 heavy (non-hydrogen) atoms. The summed E-state index contributed by atoms with van der Waals surface area (Å²) in [5.41, 5.74) is 0.672. The van der Waals surface area contributed by atoms with Crippen LogP contribution in [0.5, 0.6) is 0 Å².